The Labute approximate surface area is 838 Å². The Balaban J connectivity index is 0.000000131. The average molecular weight is 2110 g/mol. The Morgan fingerprint density at radius 3 is 0.715 bits per heavy atom. The van der Waals surface area contributed by atoms with Crippen LogP contribution in [0.2, 0.25) is 0 Å². The van der Waals surface area contributed by atoms with Gasteiger partial charge in [-0.1, -0.05) is 158 Å². The molecule has 728 valence electrons. The van der Waals surface area contributed by atoms with E-state index in [1.807, 2.05) is 272 Å². The smallest absolute Gasteiger partial charge is 0.409 e. The summed E-state index contributed by atoms with van der Waals surface area (Å²) in [7, 11) is -26.9. The van der Waals surface area contributed by atoms with Crippen LogP contribution in [0, 0.1) is 55.4 Å². The van der Waals surface area contributed by atoms with Crippen LogP contribution in [0.1, 0.15) is 44.5 Å². The van der Waals surface area contributed by atoms with Crippen molar-refractivity contribution in [3.63, 3.8) is 0 Å². The van der Waals surface area contributed by atoms with E-state index in [9.17, 15) is 33.7 Å². The minimum absolute atomic E-state index is 0.0873. The number of aryl methyl sites for hydroxylation is 8. The van der Waals surface area contributed by atoms with Gasteiger partial charge in [-0.3, -0.25) is 0 Å². The van der Waals surface area contributed by atoms with Gasteiger partial charge in [0.1, 0.15) is 103 Å². The van der Waals surface area contributed by atoms with Crippen LogP contribution in [0.15, 0.2) is 323 Å². The fraction of sp³-hybridized carbons (Fsp3) is 0.111. The molecule has 144 heavy (non-hydrogen) atoms. The summed E-state index contributed by atoms with van der Waals surface area (Å²) in [5, 5.41) is 9.08. The Kier molecular flexibility index (Phi) is 26.0. The molecule has 18 aromatic carbocycles. The first-order chi connectivity index (χ1) is 69.0. The van der Waals surface area contributed by atoms with Crippen LogP contribution in [0.3, 0.4) is 0 Å². The van der Waals surface area contributed by atoms with E-state index >= 15 is 0 Å². The van der Waals surface area contributed by atoms with Crippen LogP contribution in [0.5, 0.6) is 103 Å². The zero-order valence-electron chi connectivity index (χ0n) is 78.8. The fourth-order valence-corrected chi connectivity index (χ4v) is 26.6. The highest BCUT2D eigenvalue weighted by Gasteiger charge is 2.40. The molecule has 5 aliphatic rings. The van der Waals surface area contributed by atoms with E-state index in [4.69, 9.17) is 81.4 Å². The monoisotopic (exact) mass is 2110 g/mol. The molecule has 0 atom stereocenters. The van der Waals surface area contributed by atoms with E-state index in [2.05, 4.69) is 38.1 Å². The Morgan fingerprint density at radius 2 is 0.444 bits per heavy atom. The van der Waals surface area contributed by atoms with E-state index in [1.165, 1.54) is 48.5 Å². The largest absolute Gasteiger partial charge is 0.530 e. The lowest BCUT2D eigenvalue weighted by Crippen LogP contribution is -2.11. The maximum absolute atomic E-state index is 12.7. The van der Waals surface area contributed by atoms with Crippen molar-refractivity contribution in [2.75, 3.05) is 25.0 Å². The van der Waals surface area contributed by atoms with Gasteiger partial charge in [-0.25, -0.2) is 33.7 Å². The van der Waals surface area contributed by atoms with Gasteiger partial charge < -0.3 is 81.4 Å². The van der Waals surface area contributed by atoms with Crippen molar-refractivity contribution in [1.82, 2.24) is 0 Å². The third-order valence-corrected chi connectivity index (χ3v) is 34.3. The lowest BCUT2D eigenvalue weighted by Gasteiger charge is -2.28. The molecular formula is C108H86O26P6S4. The molecular weight excluding hydrogens is 2030 g/mol. The highest BCUT2D eigenvalue weighted by atomic mass is 32.2. The molecule has 18 aromatic rings. The van der Waals surface area contributed by atoms with Gasteiger partial charge in [0.05, 0.1) is 51.9 Å². The lowest BCUT2D eigenvalue weighted by atomic mass is 9.95. The summed E-state index contributed by atoms with van der Waals surface area (Å²) in [6.07, 6.45) is 4.15. The van der Waals surface area contributed by atoms with Gasteiger partial charge in [0.15, 0.2) is 39.3 Å². The van der Waals surface area contributed by atoms with Crippen LogP contribution >= 0.6 is 51.6 Å². The fourth-order valence-electron chi connectivity index (χ4n) is 17.4. The Bertz CT molecular complexity index is 8130. The molecule has 0 radical (unpaired) electrons. The molecule has 0 amide bonds. The molecule has 0 saturated heterocycles. The van der Waals surface area contributed by atoms with E-state index in [-0.39, 0.29) is 53.4 Å². The number of rotatable bonds is 22. The van der Waals surface area contributed by atoms with Crippen molar-refractivity contribution < 1.29 is 115 Å². The van der Waals surface area contributed by atoms with Gasteiger partial charge >= 0.3 is 51.6 Å². The lowest BCUT2D eigenvalue weighted by molar-refractivity contribution is 0.376. The third kappa shape index (κ3) is 20.0. The second-order valence-electron chi connectivity index (χ2n) is 34.9. The minimum atomic E-state index is -3.76. The molecule has 0 N–H and O–H groups in total. The summed E-state index contributed by atoms with van der Waals surface area (Å²) in [6.45, 7) is 15.6. The first-order valence-electron chi connectivity index (χ1n) is 44.8. The van der Waals surface area contributed by atoms with E-state index < -0.39 is 91.0 Å². The number of benzene rings is 18. The molecule has 36 heteroatoms. The number of fused-ring (bicyclic) bond motifs is 1. The summed E-state index contributed by atoms with van der Waals surface area (Å²) in [5.41, 5.74) is 9.86. The molecule has 0 saturated carbocycles. The first kappa shape index (κ1) is 96.4. The Hall–Kier alpha value is -13.7. The summed E-state index contributed by atoms with van der Waals surface area (Å²) < 4.78 is 216. The first-order valence-corrected chi connectivity index (χ1v) is 58.9. The van der Waals surface area contributed by atoms with Gasteiger partial charge in [-0.05, 0) is 254 Å². The highest BCUT2D eigenvalue weighted by molar-refractivity contribution is 7.91. The van der Waals surface area contributed by atoms with Crippen molar-refractivity contribution in [1.29, 1.82) is 0 Å². The van der Waals surface area contributed by atoms with E-state index in [0.717, 1.165) is 147 Å². The number of hydrogen-bond donors (Lipinski definition) is 0. The van der Waals surface area contributed by atoms with Gasteiger partial charge in [-0.15, -0.1) is 0 Å². The summed E-state index contributed by atoms with van der Waals surface area (Å²) in [6, 6.07) is 93.2. The zero-order chi connectivity index (χ0) is 100. The minimum Gasteiger partial charge on any atom is -0.409 e. The van der Waals surface area contributed by atoms with E-state index in [1.54, 1.807) is 0 Å². The quantitative estimate of drug-likeness (QED) is 0.0569. The van der Waals surface area contributed by atoms with Crippen LogP contribution in [0.4, 0.5) is 0 Å². The molecule has 0 bridgehead atoms. The van der Waals surface area contributed by atoms with Gasteiger partial charge in [0.25, 0.3) is 0 Å². The third-order valence-electron chi connectivity index (χ3n) is 23.7. The molecule has 0 fully saturated rings. The van der Waals surface area contributed by atoms with E-state index in [0.29, 0.717) is 79.0 Å². The molecule has 0 aliphatic carbocycles. The maximum Gasteiger partial charge on any atom is 0.530 e. The number of para-hydroxylation sites is 2. The molecule has 5 heterocycles. The zero-order valence-corrected chi connectivity index (χ0v) is 87.4. The number of hydrogen-bond acceptors (Lipinski definition) is 26. The van der Waals surface area contributed by atoms with Crippen LogP contribution < -0.4 is 81.4 Å². The maximum atomic E-state index is 12.7. The van der Waals surface area contributed by atoms with Crippen molar-refractivity contribution in [3.05, 3.63) is 348 Å². The highest BCUT2D eigenvalue weighted by Crippen LogP contribution is 2.63. The summed E-state index contributed by atoms with van der Waals surface area (Å²) in [4.78, 5) is -0.349. The molecule has 0 unspecified atom stereocenters. The van der Waals surface area contributed by atoms with Gasteiger partial charge in [-0.2, -0.15) is 0 Å². The SMILES string of the molecule is Cc1cc(C)c(OP(Oc2ccccc2)Oc2ccccc2)c(-c2cc(C)cc(C)c2OP2Oc3cccc4cccc(c34)O2)c1.Cc1cc(C)c(OP2Oc3cc(S(C)(=O)=O)cc4cc(S(C)(=O)=O)cc(c34)O2)c(-c2cc(C)cc(C)c2OP2Oc3cc(S(C)(=O)=O)cc4cc(S(C)(=O)=O)cc(c34)O2)c1.c1cc(OP2Oc3cccc4cccc(c34)O2)c2c(OP3Oc4cccc5cccc(c45)O3)cccc2c1. The van der Waals surface area contributed by atoms with Crippen molar-refractivity contribution in [2.24, 2.45) is 0 Å². The van der Waals surface area contributed by atoms with Crippen molar-refractivity contribution in [2.45, 2.75) is 75.0 Å². The normalized spacial score (nSPS) is 13.8. The molecule has 0 aromatic heterocycles. The van der Waals surface area contributed by atoms with Crippen LogP contribution in [-0.2, 0) is 39.3 Å². The van der Waals surface area contributed by atoms with Crippen molar-refractivity contribution >= 4 is 156 Å². The standard InChI is InChI=1S/C40H36O14P2S4.C38H32O6P2.C30H18O6P2/c1-21-9-23(3)39(53-55-49-33-17-27(57(5,41)42)13-25-14-28(58(6,43)44)18-34(50-55)37(25)33)31(11-21)32-12-22(2)10-24(4)40(32)54-56-51-35-19-29(59(7,45)46)15-26-16-30(60(8,47)48)20-36(52-56)38(26)35;1-25-21-27(3)37(43-45(39-30-15-7-5-8-16-30)40-31-17-9-6-10-18-31)32(23-25)33-24-26(2)22-28(4)38(33)44-46-41-34-19-11-13-29-14-12-20-35(42-46)36(29)34;1-7-19-8-2-14-23-28(19)22(13-1)31-37(32-23)35-26-17-5-11-21-12-6-18-27(30(21)26)36-38-33-24-15-3-9-20-10-4-16-25(34-38)29(20)24/h9-20H,1-8H3;5-24H,1-4H3;1-18H. The number of sulfone groups is 4. The van der Waals surface area contributed by atoms with Gasteiger partial charge in [0, 0.05) is 71.5 Å². The topological polar surface area (TPSA) is 303 Å². The predicted molar refractivity (Wildman–Crippen MR) is 563 cm³/mol. The Morgan fingerprint density at radius 1 is 0.215 bits per heavy atom. The summed E-state index contributed by atoms with van der Waals surface area (Å²) in [5.74, 6) is 9.38. The molecule has 26 nitrogen and oxygen atoms in total. The average Bonchev–Trinajstić information content (AvgIpc) is 0.735. The molecule has 23 rings (SSSR count). The molecule has 0 spiro atoms. The predicted octanol–water partition coefficient (Wildman–Crippen LogP) is 29.5. The van der Waals surface area contributed by atoms with Crippen LogP contribution in [0.25, 0.3) is 86.9 Å². The van der Waals surface area contributed by atoms with Crippen LogP contribution in [-0.4, -0.2) is 58.7 Å². The second-order valence-corrected chi connectivity index (χ2v) is 48.9. The molecule has 5 aliphatic heterocycles. The van der Waals surface area contributed by atoms with Gasteiger partial charge in [0.2, 0.25) is 0 Å². The van der Waals surface area contributed by atoms with Crippen molar-refractivity contribution in [3.8, 4) is 126 Å². The summed E-state index contributed by atoms with van der Waals surface area (Å²) >= 11 is 0. The second kappa shape index (κ2) is 38.8.